The number of benzene rings is 3. The van der Waals surface area contributed by atoms with Gasteiger partial charge in [-0.1, -0.05) is 66.2 Å². The molecule has 0 saturated heterocycles. The molecule has 0 radical (unpaired) electrons. The van der Waals surface area contributed by atoms with Crippen LogP contribution in [0, 0.1) is 6.92 Å². The monoisotopic (exact) mass is 610 g/mol. The molecule has 0 N–H and O–H groups in total. The molecule has 0 atom stereocenters. The second-order valence-electron chi connectivity index (χ2n) is 10.2. The average Bonchev–Trinajstić information content (AvgIpc) is 3.29. The van der Waals surface area contributed by atoms with Gasteiger partial charge in [0.15, 0.2) is 0 Å². The van der Waals surface area contributed by atoms with E-state index in [2.05, 4.69) is 0 Å². The lowest BCUT2D eigenvalue weighted by Crippen LogP contribution is -2.55. The van der Waals surface area contributed by atoms with Crippen LogP contribution in [-0.2, 0) is 54.9 Å². The number of carbonyl (C=O) groups is 5. The van der Waals surface area contributed by atoms with E-state index in [4.69, 9.17) is 18.9 Å². The third-order valence-corrected chi connectivity index (χ3v) is 7.82. The Balaban J connectivity index is 2.03. The van der Waals surface area contributed by atoms with Crippen LogP contribution in [0.25, 0.3) is 0 Å². The highest BCUT2D eigenvalue weighted by molar-refractivity contribution is 6.27. The van der Waals surface area contributed by atoms with E-state index in [9.17, 15) is 19.2 Å². The molecular weight excluding hydrogens is 580 g/mol. The molecule has 2 aliphatic rings. The van der Waals surface area contributed by atoms with Crippen molar-refractivity contribution in [2.75, 3.05) is 38.2 Å². The highest BCUT2D eigenvalue weighted by Gasteiger charge is 2.66. The summed E-state index contributed by atoms with van der Waals surface area (Å²) in [6, 6.07) is 22.2. The first-order chi connectivity index (χ1) is 21.7. The quantitative estimate of drug-likeness (QED) is 0.290. The Kier molecular flexibility index (Phi) is 8.28. The van der Waals surface area contributed by atoms with Gasteiger partial charge in [0.2, 0.25) is 5.91 Å². The predicted octanol–water partition coefficient (Wildman–Crippen LogP) is 3.50. The molecule has 0 fully saturated rings. The van der Waals surface area contributed by atoms with Crippen molar-refractivity contribution in [3.63, 3.8) is 0 Å². The molecule has 0 unspecified atom stereocenters. The van der Waals surface area contributed by atoms with Crippen molar-refractivity contribution in [3.05, 3.63) is 118 Å². The van der Waals surface area contributed by atoms with Crippen LogP contribution in [0.2, 0.25) is 0 Å². The van der Waals surface area contributed by atoms with Gasteiger partial charge in [-0.25, -0.2) is 19.2 Å². The molecule has 3 aromatic rings. The van der Waals surface area contributed by atoms with E-state index < -0.39 is 57.7 Å². The molecule has 0 saturated carbocycles. The topological polar surface area (TPSA) is 129 Å². The number of fused-ring (bicyclic) bond motifs is 2. The van der Waals surface area contributed by atoms with Crippen LogP contribution in [0.3, 0.4) is 0 Å². The van der Waals surface area contributed by atoms with E-state index in [1.54, 1.807) is 55.5 Å². The van der Waals surface area contributed by atoms with Gasteiger partial charge in [-0.15, -0.1) is 0 Å². The van der Waals surface area contributed by atoms with E-state index in [0.29, 0.717) is 11.3 Å². The minimum Gasteiger partial charge on any atom is -0.466 e. The largest absolute Gasteiger partial charge is 0.466 e. The highest BCUT2D eigenvalue weighted by atomic mass is 16.5. The molecule has 11 heteroatoms. The third kappa shape index (κ3) is 4.73. The fraction of sp³-hybridized carbons (Fsp3) is 0.206. The Morgan fingerprint density at radius 3 is 1.64 bits per heavy atom. The number of ether oxygens (including phenoxy) is 4. The van der Waals surface area contributed by atoms with Crippen molar-refractivity contribution in [1.82, 2.24) is 0 Å². The molecule has 45 heavy (non-hydrogen) atoms. The fourth-order valence-electron chi connectivity index (χ4n) is 5.95. The summed E-state index contributed by atoms with van der Waals surface area (Å²) in [4.78, 5) is 73.5. The Morgan fingerprint density at radius 2 is 1.16 bits per heavy atom. The number of aryl methyl sites for hydroxylation is 1. The molecule has 0 aliphatic carbocycles. The number of methoxy groups -OCH3 is 4. The number of nitrogens with zero attached hydrogens (tertiary/aromatic N) is 2. The maximum atomic E-state index is 15.2. The number of hydrogen-bond acceptors (Lipinski definition) is 10. The number of anilines is 2. The van der Waals surface area contributed by atoms with Crippen molar-refractivity contribution in [2.24, 2.45) is 0 Å². The summed E-state index contributed by atoms with van der Waals surface area (Å²) >= 11 is 0. The second-order valence-corrected chi connectivity index (χ2v) is 10.2. The van der Waals surface area contributed by atoms with Crippen molar-refractivity contribution >= 4 is 41.2 Å². The van der Waals surface area contributed by atoms with Gasteiger partial charge in [0.1, 0.15) is 16.8 Å². The first kappa shape index (κ1) is 30.7. The summed E-state index contributed by atoms with van der Waals surface area (Å²) in [5.41, 5.74) is -2.36. The molecule has 1 amide bonds. The normalized spacial score (nSPS) is 15.2. The van der Waals surface area contributed by atoms with Gasteiger partial charge >= 0.3 is 23.9 Å². The number of carbonyl (C=O) groups excluding carboxylic acids is 5. The van der Waals surface area contributed by atoms with Crippen LogP contribution < -0.4 is 9.80 Å². The summed E-state index contributed by atoms with van der Waals surface area (Å²) in [5, 5.41) is 0. The van der Waals surface area contributed by atoms with Crippen molar-refractivity contribution in [1.29, 1.82) is 0 Å². The minimum atomic E-state index is -2.39. The Morgan fingerprint density at radius 1 is 0.667 bits per heavy atom. The van der Waals surface area contributed by atoms with Gasteiger partial charge in [0, 0.05) is 16.9 Å². The van der Waals surface area contributed by atoms with Crippen molar-refractivity contribution in [3.8, 4) is 0 Å². The summed E-state index contributed by atoms with van der Waals surface area (Å²) in [6.45, 7) is 1.80. The molecule has 0 aromatic heterocycles. The lowest BCUT2D eigenvalue weighted by atomic mass is 9.65. The van der Waals surface area contributed by atoms with Crippen molar-refractivity contribution in [2.45, 2.75) is 18.9 Å². The maximum absolute atomic E-state index is 15.2. The molecular formula is C34H30N2O9. The lowest BCUT2D eigenvalue weighted by molar-refractivity contribution is -0.143. The standard InChI is InChI=1S/C34H30N2O9/c1-20-16-17-24-23(18-20)34(33(41)35(24)19-21-12-8-6-9-13-21)25(29(37)42-2)27(31(39)44-4)36(22-14-10-7-11-15-22)28(32(40)45-5)26(34)30(38)43-3/h6-18H,19H2,1-5H3. The minimum absolute atomic E-state index is 0.0317. The summed E-state index contributed by atoms with van der Waals surface area (Å²) in [6.07, 6.45) is 0. The zero-order valence-electron chi connectivity index (χ0n) is 25.3. The van der Waals surface area contributed by atoms with Gasteiger partial charge in [0.25, 0.3) is 0 Å². The molecule has 0 bridgehead atoms. The van der Waals surface area contributed by atoms with Crippen LogP contribution in [0.5, 0.6) is 0 Å². The number of rotatable bonds is 7. The molecule has 1 spiro atoms. The average molecular weight is 611 g/mol. The molecule has 2 aliphatic heterocycles. The van der Waals surface area contributed by atoms with E-state index in [0.717, 1.165) is 38.9 Å². The molecule has 3 aromatic carbocycles. The van der Waals surface area contributed by atoms with Gasteiger partial charge in [-0.3, -0.25) is 9.69 Å². The van der Waals surface area contributed by atoms with Gasteiger partial charge in [-0.05, 0) is 30.7 Å². The number of esters is 4. The molecule has 11 nitrogen and oxygen atoms in total. The Bertz CT molecular complexity index is 1720. The number of para-hydroxylation sites is 1. The maximum Gasteiger partial charge on any atom is 0.355 e. The van der Waals surface area contributed by atoms with Crippen molar-refractivity contribution < 1.29 is 42.9 Å². The van der Waals surface area contributed by atoms with Gasteiger partial charge < -0.3 is 23.8 Å². The lowest BCUT2D eigenvalue weighted by Gasteiger charge is -2.41. The zero-order valence-corrected chi connectivity index (χ0v) is 25.3. The zero-order chi connectivity index (χ0) is 32.5. The van der Waals surface area contributed by atoms with E-state index in [1.807, 2.05) is 30.3 Å². The number of hydrogen-bond donors (Lipinski definition) is 0. The molecule has 5 rings (SSSR count). The summed E-state index contributed by atoms with van der Waals surface area (Å²) in [7, 11) is 4.35. The second kappa shape index (κ2) is 12.1. The molecule has 2 heterocycles. The third-order valence-electron chi connectivity index (χ3n) is 7.82. The highest BCUT2D eigenvalue weighted by Crippen LogP contribution is 2.57. The SMILES string of the molecule is COC(=O)C1=C(C(=O)OC)C2(C(=O)N(Cc3ccccc3)c3ccc(C)cc32)C(C(=O)OC)=C(C(=O)OC)N1c1ccccc1. The van der Waals surface area contributed by atoms with E-state index >= 15 is 4.79 Å². The van der Waals surface area contributed by atoms with Crippen LogP contribution in [-0.4, -0.2) is 58.2 Å². The smallest absolute Gasteiger partial charge is 0.355 e. The number of amides is 1. The molecule has 230 valence electrons. The van der Waals surface area contributed by atoms with Crippen LogP contribution in [0.1, 0.15) is 16.7 Å². The van der Waals surface area contributed by atoms with Crippen LogP contribution >= 0.6 is 0 Å². The first-order valence-corrected chi connectivity index (χ1v) is 13.8. The van der Waals surface area contributed by atoms with E-state index in [-0.39, 0.29) is 17.8 Å². The van der Waals surface area contributed by atoms with Gasteiger partial charge in [0.05, 0.1) is 46.1 Å². The predicted molar refractivity (Wildman–Crippen MR) is 162 cm³/mol. The summed E-state index contributed by atoms with van der Waals surface area (Å²) in [5.74, 6) is -5.16. The van der Waals surface area contributed by atoms with Crippen LogP contribution in [0.15, 0.2) is 101 Å². The van der Waals surface area contributed by atoms with E-state index in [1.165, 1.54) is 4.90 Å². The Labute approximate surface area is 259 Å². The first-order valence-electron chi connectivity index (χ1n) is 13.8. The van der Waals surface area contributed by atoms with Crippen LogP contribution in [0.4, 0.5) is 11.4 Å². The van der Waals surface area contributed by atoms with Gasteiger partial charge in [-0.2, -0.15) is 0 Å². The summed E-state index contributed by atoms with van der Waals surface area (Å²) < 4.78 is 20.8. The Hall–Kier alpha value is -5.71. The fourth-order valence-corrected chi connectivity index (χ4v) is 5.95.